The van der Waals surface area contributed by atoms with E-state index in [-0.39, 0.29) is 16.4 Å². The van der Waals surface area contributed by atoms with Crippen LogP contribution in [0.2, 0.25) is 0 Å². The third-order valence-corrected chi connectivity index (χ3v) is 1.96. The van der Waals surface area contributed by atoms with Crippen LogP contribution >= 0.6 is 23.2 Å². The summed E-state index contributed by atoms with van der Waals surface area (Å²) in [5, 5.41) is -0.716. The smallest absolute Gasteiger partial charge is 0.224 e. The summed E-state index contributed by atoms with van der Waals surface area (Å²) >= 11 is 10.3. The van der Waals surface area contributed by atoms with Crippen LogP contribution in [0.5, 0.6) is 0 Å². The third kappa shape index (κ3) is 6.32. The molecule has 0 fully saturated rings. The molecule has 0 aliphatic heterocycles. The molecule has 0 aromatic heterocycles. The molecule has 11 heavy (non-hydrogen) atoms. The second kappa shape index (κ2) is 5.56. The van der Waals surface area contributed by atoms with Gasteiger partial charge in [0.1, 0.15) is 0 Å². The maximum Gasteiger partial charge on any atom is 0.224 e. The highest BCUT2D eigenvalue weighted by molar-refractivity contribution is 6.64. The van der Waals surface area contributed by atoms with Crippen molar-refractivity contribution in [2.75, 3.05) is 0 Å². The van der Waals surface area contributed by atoms with Crippen molar-refractivity contribution in [1.82, 2.24) is 0 Å². The topological polar surface area (TPSA) is 34.1 Å². The lowest BCUT2D eigenvalue weighted by atomic mass is 10.1. The molecule has 64 valence electrons. The summed E-state index contributed by atoms with van der Waals surface area (Å²) in [6, 6.07) is 0. The van der Waals surface area contributed by atoms with E-state index in [0.717, 1.165) is 0 Å². The van der Waals surface area contributed by atoms with Gasteiger partial charge in [0.2, 0.25) is 10.5 Å². The molecule has 0 bridgehead atoms. The van der Waals surface area contributed by atoms with E-state index in [1.54, 1.807) is 6.92 Å². The van der Waals surface area contributed by atoms with Crippen molar-refractivity contribution in [2.45, 2.75) is 26.2 Å². The molecule has 0 aromatic carbocycles. The second-order valence-corrected chi connectivity index (χ2v) is 3.25. The average molecular weight is 197 g/mol. The van der Waals surface area contributed by atoms with Crippen molar-refractivity contribution in [3.8, 4) is 0 Å². The van der Waals surface area contributed by atoms with Gasteiger partial charge >= 0.3 is 0 Å². The third-order valence-electron chi connectivity index (χ3n) is 1.40. The molecule has 0 heterocycles. The van der Waals surface area contributed by atoms with Gasteiger partial charge in [0.05, 0.1) is 0 Å². The van der Waals surface area contributed by atoms with Gasteiger partial charge in [0, 0.05) is 12.3 Å². The summed E-state index contributed by atoms with van der Waals surface area (Å²) in [7, 11) is 0. The van der Waals surface area contributed by atoms with Crippen molar-refractivity contribution >= 4 is 33.7 Å². The van der Waals surface area contributed by atoms with Crippen LogP contribution in [0.15, 0.2) is 0 Å². The predicted molar refractivity (Wildman–Crippen MR) is 44.7 cm³/mol. The van der Waals surface area contributed by atoms with Crippen LogP contribution in [0, 0.1) is 5.92 Å². The minimum absolute atomic E-state index is 0.173. The van der Waals surface area contributed by atoms with E-state index in [0.29, 0.717) is 19.3 Å². The molecule has 0 N–H and O–H groups in total. The lowest BCUT2D eigenvalue weighted by molar-refractivity contribution is -0.115. The highest BCUT2D eigenvalue weighted by atomic mass is 35.5. The molecule has 0 amide bonds. The summed E-state index contributed by atoms with van der Waals surface area (Å²) in [5.41, 5.74) is 0. The zero-order chi connectivity index (χ0) is 8.85. The second-order valence-electron chi connectivity index (χ2n) is 2.45. The lowest BCUT2D eigenvalue weighted by Gasteiger charge is -2.02. The van der Waals surface area contributed by atoms with Crippen LogP contribution in [0.4, 0.5) is 0 Å². The van der Waals surface area contributed by atoms with Crippen molar-refractivity contribution in [1.29, 1.82) is 0 Å². The number of hydrogen-bond donors (Lipinski definition) is 0. The molecule has 0 rings (SSSR count). The number of rotatable bonds is 5. The largest absolute Gasteiger partial charge is 0.281 e. The molecule has 0 radical (unpaired) electrons. The summed E-state index contributed by atoms with van der Waals surface area (Å²) in [5.74, 6) is -0.173. The minimum atomic E-state index is -0.362. The molecule has 0 saturated heterocycles. The highest BCUT2D eigenvalue weighted by Crippen LogP contribution is 2.11. The van der Waals surface area contributed by atoms with Gasteiger partial charge in [-0.1, -0.05) is 6.92 Å². The molecule has 0 spiro atoms. The van der Waals surface area contributed by atoms with Crippen molar-refractivity contribution in [3.05, 3.63) is 0 Å². The first-order valence-corrected chi connectivity index (χ1v) is 4.17. The maximum atomic E-state index is 10.5. The van der Waals surface area contributed by atoms with Crippen LogP contribution in [0.3, 0.4) is 0 Å². The Hall–Kier alpha value is -0.0800. The molecule has 0 unspecified atom stereocenters. The Kier molecular flexibility index (Phi) is 5.51. The van der Waals surface area contributed by atoms with Gasteiger partial charge in [0.15, 0.2) is 0 Å². The van der Waals surface area contributed by atoms with Gasteiger partial charge in [0.25, 0.3) is 0 Å². The summed E-state index contributed by atoms with van der Waals surface area (Å²) in [6.45, 7) is 1.73. The SMILES string of the molecule is C[C@@H](CCCC(=O)Cl)C(=O)Cl. The first-order valence-electron chi connectivity index (χ1n) is 3.41. The molecule has 0 saturated carbocycles. The first kappa shape index (κ1) is 10.9. The fourth-order valence-electron chi connectivity index (χ4n) is 0.661. The van der Waals surface area contributed by atoms with Gasteiger partial charge in [-0.15, -0.1) is 0 Å². The van der Waals surface area contributed by atoms with Crippen molar-refractivity contribution in [2.24, 2.45) is 5.92 Å². The molecule has 2 nitrogen and oxygen atoms in total. The number of halogens is 2. The maximum absolute atomic E-state index is 10.5. The fraction of sp³-hybridized carbons (Fsp3) is 0.714. The van der Waals surface area contributed by atoms with E-state index in [9.17, 15) is 9.59 Å². The standard InChI is InChI=1S/C7H10Cl2O2/c1-5(7(9)11)3-2-4-6(8)10/h5H,2-4H2,1H3/t5-/m0/s1. The Balaban J connectivity index is 3.39. The predicted octanol–water partition coefficient (Wildman–Crippen LogP) is 2.32. The minimum Gasteiger partial charge on any atom is -0.281 e. The quantitative estimate of drug-likeness (QED) is 0.633. The van der Waals surface area contributed by atoms with Crippen LogP contribution in [-0.4, -0.2) is 10.5 Å². The molecule has 4 heteroatoms. The lowest BCUT2D eigenvalue weighted by Crippen LogP contribution is -2.03. The fourth-order valence-corrected chi connectivity index (χ4v) is 0.903. The zero-order valence-electron chi connectivity index (χ0n) is 6.27. The zero-order valence-corrected chi connectivity index (χ0v) is 7.78. The van der Waals surface area contributed by atoms with Gasteiger partial charge in [-0.3, -0.25) is 9.59 Å². The highest BCUT2D eigenvalue weighted by Gasteiger charge is 2.09. The van der Waals surface area contributed by atoms with Crippen molar-refractivity contribution in [3.63, 3.8) is 0 Å². The molecule has 0 aromatic rings. The van der Waals surface area contributed by atoms with Crippen LogP contribution in [0.1, 0.15) is 26.2 Å². The van der Waals surface area contributed by atoms with E-state index < -0.39 is 0 Å². The molecule has 0 aliphatic rings. The van der Waals surface area contributed by atoms with Gasteiger partial charge in [-0.05, 0) is 36.0 Å². The van der Waals surface area contributed by atoms with Crippen LogP contribution in [0.25, 0.3) is 0 Å². The van der Waals surface area contributed by atoms with E-state index in [4.69, 9.17) is 23.2 Å². The van der Waals surface area contributed by atoms with E-state index >= 15 is 0 Å². The van der Waals surface area contributed by atoms with E-state index in [1.165, 1.54) is 0 Å². The summed E-state index contributed by atoms with van der Waals surface area (Å²) < 4.78 is 0. The Morgan fingerprint density at radius 2 is 1.91 bits per heavy atom. The summed E-state index contributed by atoms with van der Waals surface area (Å²) in [6.07, 6.45) is 1.57. The Bertz CT molecular complexity index is 157. The molecule has 1 atom stereocenters. The van der Waals surface area contributed by atoms with Gasteiger partial charge in [-0.2, -0.15) is 0 Å². The van der Waals surface area contributed by atoms with Crippen LogP contribution < -0.4 is 0 Å². The normalized spacial score (nSPS) is 12.6. The summed E-state index contributed by atoms with van der Waals surface area (Å²) in [4.78, 5) is 20.7. The van der Waals surface area contributed by atoms with E-state index in [1.807, 2.05) is 0 Å². The Morgan fingerprint density at radius 1 is 1.36 bits per heavy atom. The van der Waals surface area contributed by atoms with Crippen molar-refractivity contribution < 1.29 is 9.59 Å². The average Bonchev–Trinajstić information content (AvgIpc) is 1.86. The molecular weight excluding hydrogens is 187 g/mol. The number of carbonyl (C=O) groups is 2. The molecular formula is C7H10Cl2O2. The number of hydrogen-bond acceptors (Lipinski definition) is 2. The van der Waals surface area contributed by atoms with E-state index in [2.05, 4.69) is 0 Å². The monoisotopic (exact) mass is 196 g/mol. The first-order chi connectivity index (χ1) is 5.04. The van der Waals surface area contributed by atoms with Gasteiger partial charge in [-0.25, -0.2) is 0 Å². The Morgan fingerprint density at radius 3 is 2.27 bits per heavy atom. The molecule has 0 aliphatic carbocycles. The number of carbonyl (C=O) groups excluding carboxylic acids is 2. The van der Waals surface area contributed by atoms with Crippen LogP contribution in [-0.2, 0) is 9.59 Å². The Labute approximate surface area is 75.9 Å². The van der Waals surface area contributed by atoms with Gasteiger partial charge < -0.3 is 0 Å².